The van der Waals surface area contributed by atoms with E-state index in [0.717, 1.165) is 11.4 Å². The Hall–Kier alpha value is -0.960. The Labute approximate surface area is 121 Å². The Morgan fingerprint density at radius 2 is 1.11 bits per heavy atom. The van der Waals surface area contributed by atoms with E-state index < -0.39 is 0 Å². The molecule has 0 aliphatic rings. The first-order valence-corrected chi connectivity index (χ1v) is 7.53. The van der Waals surface area contributed by atoms with Crippen LogP contribution >= 0.6 is 11.3 Å². The minimum absolute atomic E-state index is 0.0250. The molecule has 106 valence electrons. The molecule has 0 fully saturated rings. The molecule has 1 aromatic rings. The van der Waals surface area contributed by atoms with Gasteiger partial charge in [-0.15, -0.1) is 11.3 Å². The lowest BCUT2D eigenvalue weighted by molar-refractivity contribution is 0.583. The second-order valence-corrected chi connectivity index (χ2v) is 7.98. The van der Waals surface area contributed by atoms with Gasteiger partial charge in [-0.3, -0.25) is 9.98 Å². The molecule has 0 unspecified atom stereocenters. The zero-order valence-corrected chi connectivity index (χ0v) is 14.3. The molecule has 0 amide bonds. The molecule has 0 atom stereocenters. The molecule has 0 spiro atoms. The highest BCUT2D eigenvalue weighted by atomic mass is 32.1. The van der Waals surface area contributed by atoms with Crippen LogP contribution in [-0.2, 0) is 0 Å². The van der Waals surface area contributed by atoms with Crippen molar-refractivity contribution >= 4 is 22.8 Å². The van der Waals surface area contributed by atoms with Crippen molar-refractivity contribution in [2.24, 2.45) is 9.98 Å². The second-order valence-electron chi connectivity index (χ2n) is 6.90. The fourth-order valence-electron chi connectivity index (χ4n) is 1.84. The van der Waals surface area contributed by atoms with Crippen molar-refractivity contribution in [1.29, 1.82) is 0 Å². The van der Waals surface area contributed by atoms with Gasteiger partial charge in [0.2, 0.25) is 0 Å². The monoisotopic (exact) mass is 278 g/mol. The maximum absolute atomic E-state index is 4.71. The van der Waals surface area contributed by atoms with Gasteiger partial charge in [-0.1, -0.05) is 0 Å². The van der Waals surface area contributed by atoms with E-state index >= 15 is 0 Å². The number of rotatable bonds is 2. The molecule has 0 bridgehead atoms. The Kier molecular flexibility index (Phi) is 4.72. The van der Waals surface area contributed by atoms with E-state index in [1.807, 2.05) is 0 Å². The third-order valence-electron chi connectivity index (χ3n) is 2.33. The Bertz CT molecular complexity index is 449. The average molecular weight is 278 g/mol. The van der Waals surface area contributed by atoms with Crippen molar-refractivity contribution in [3.63, 3.8) is 0 Å². The van der Waals surface area contributed by atoms with E-state index in [2.05, 4.69) is 67.5 Å². The van der Waals surface area contributed by atoms with E-state index in [9.17, 15) is 0 Å². The molecular weight excluding hydrogens is 252 g/mol. The molecule has 0 N–H and O–H groups in total. The van der Waals surface area contributed by atoms with Crippen LogP contribution in [0.4, 0.5) is 0 Å². The van der Waals surface area contributed by atoms with E-state index in [1.165, 1.54) is 9.75 Å². The van der Waals surface area contributed by atoms with Crippen LogP contribution in [-0.4, -0.2) is 22.5 Å². The highest BCUT2D eigenvalue weighted by molar-refractivity contribution is 7.16. The highest BCUT2D eigenvalue weighted by Gasteiger charge is 2.13. The zero-order chi connectivity index (χ0) is 14.8. The van der Waals surface area contributed by atoms with Gasteiger partial charge >= 0.3 is 0 Å². The molecule has 1 heterocycles. The fourth-order valence-corrected chi connectivity index (χ4v) is 2.74. The van der Waals surface area contributed by atoms with E-state index in [-0.39, 0.29) is 11.1 Å². The lowest BCUT2D eigenvalue weighted by Gasteiger charge is -2.13. The molecule has 2 nitrogen and oxygen atoms in total. The minimum Gasteiger partial charge on any atom is -0.283 e. The first-order chi connectivity index (χ1) is 8.48. The summed E-state index contributed by atoms with van der Waals surface area (Å²) in [6, 6.07) is 4.29. The minimum atomic E-state index is -0.0250. The van der Waals surface area contributed by atoms with Crippen LogP contribution in [0.3, 0.4) is 0 Å². The van der Waals surface area contributed by atoms with Crippen LogP contribution in [0.5, 0.6) is 0 Å². The zero-order valence-electron chi connectivity index (χ0n) is 13.5. The second kappa shape index (κ2) is 5.58. The molecule has 0 radical (unpaired) electrons. The highest BCUT2D eigenvalue weighted by Crippen LogP contribution is 2.21. The molecule has 3 heteroatoms. The Morgan fingerprint density at radius 3 is 1.37 bits per heavy atom. The topological polar surface area (TPSA) is 24.7 Å². The summed E-state index contributed by atoms with van der Waals surface area (Å²) in [6.45, 7) is 16.9. The lowest BCUT2D eigenvalue weighted by atomic mass is 10.1. The van der Waals surface area contributed by atoms with Crippen LogP contribution in [0.15, 0.2) is 22.1 Å². The molecule has 0 aromatic carbocycles. The fraction of sp³-hybridized carbons (Fsp3) is 0.625. The number of nitrogens with zero attached hydrogens (tertiary/aromatic N) is 2. The first kappa shape index (κ1) is 16.1. The number of hydrogen-bond donors (Lipinski definition) is 0. The van der Waals surface area contributed by atoms with Gasteiger partial charge in [-0.25, -0.2) is 0 Å². The molecule has 19 heavy (non-hydrogen) atoms. The van der Waals surface area contributed by atoms with Gasteiger partial charge in [0.05, 0.1) is 11.1 Å². The maximum Gasteiger partial charge on any atom is 0.0527 e. The van der Waals surface area contributed by atoms with Gasteiger partial charge in [0, 0.05) is 21.2 Å². The van der Waals surface area contributed by atoms with Gasteiger partial charge in [0.15, 0.2) is 0 Å². The summed E-state index contributed by atoms with van der Waals surface area (Å²) in [7, 11) is 0. The summed E-state index contributed by atoms with van der Waals surface area (Å²) >= 11 is 1.77. The third kappa shape index (κ3) is 5.68. The van der Waals surface area contributed by atoms with Crippen molar-refractivity contribution in [3.8, 4) is 0 Å². The van der Waals surface area contributed by atoms with Crippen LogP contribution in [0.1, 0.15) is 65.1 Å². The summed E-state index contributed by atoms with van der Waals surface area (Å²) in [5.41, 5.74) is 2.16. The number of hydrogen-bond acceptors (Lipinski definition) is 3. The van der Waals surface area contributed by atoms with Gasteiger partial charge in [-0.2, -0.15) is 0 Å². The van der Waals surface area contributed by atoms with E-state index in [1.54, 1.807) is 11.3 Å². The predicted molar refractivity (Wildman–Crippen MR) is 88.2 cm³/mol. The number of aliphatic imine (C=N–C) groups is 2. The predicted octanol–water partition coefficient (Wildman–Crippen LogP) is 4.96. The average Bonchev–Trinajstić information content (AvgIpc) is 2.60. The van der Waals surface area contributed by atoms with Crippen molar-refractivity contribution in [2.45, 2.75) is 66.5 Å². The normalized spacial score (nSPS) is 14.9. The molecule has 1 rings (SSSR count). The first-order valence-electron chi connectivity index (χ1n) is 6.71. The third-order valence-corrected chi connectivity index (χ3v) is 3.63. The summed E-state index contributed by atoms with van der Waals surface area (Å²) in [6.07, 6.45) is 0. The molecular formula is C16H26N2S. The van der Waals surface area contributed by atoms with Gasteiger partial charge < -0.3 is 0 Å². The Balaban J connectivity index is 3.02. The van der Waals surface area contributed by atoms with Gasteiger partial charge in [0.25, 0.3) is 0 Å². The molecule has 1 aromatic heterocycles. The summed E-state index contributed by atoms with van der Waals surface area (Å²) in [5, 5.41) is 0. The van der Waals surface area contributed by atoms with Crippen molar-refractivity contribution in [1.82, 2.24) is 0 Å². The standard InChI is InChI=1S/C16H26N2S/c1-11(17-15(3,4)5)13-9-10-14(19-13)12(2)18-16(6,7)8/h9-10H,1-8H3. The molecule has 0 saturated heterocycles. The molecule has 0 aliphatic heterocycles. The molecule has 0 saturated carbocycles. The SMILES string of the molecule is CC(=NC(C)(C)C)c1ccc(C(C)=NC(C)(C)C)s1. The van der Waals surface area contributed by atoms with E-state index in [0.29, 0.717) is 0 Å². The van der Waals surface area contributed by atoms with Crippen molar-refractivity contribution < 1.29 is 0 Å². The van der Waals surface area contributed by atoms with Crippen molar-refractivity contribution in [2.75, 3.05) is 0 Å². The largest absolute Gasteiger partial charge is 0.283 e. The van der Waals surface area contributed by atoms with Crippen LogP contribution in [0.25, 0.3) is 0 Å². The van der Waals surface area contributed by atoms with Crippen LogP contribution < -0.4 is 0 Å². The quantitative estimate of drug-likeness (QED) is 0.683. The summed E-state index contributed by atoms with van der Waals surface area (Å²) in [5.74, 6) is 0. The maximum atomic E-state index is 4.71. The number of thiophene rings is 1. The smallest absolute Gasteiger partial charge is 0.0527 e. The van der Waals surface area contributed by atoms with Gasteiger partial charge in [-0.05, 0) is 67.5 Å². The van der Waals surface area contributed by atoms with Crippen LogP contribution in [0.2, 0.25) is 0 Å². The Morgan fingerprint density at radius 1 is 0.789 bits per heavy atom. The summed E-state index contributed by atoms with van der Waals surface area (Å²) < 4.78 is 0. The van der Waals surface area contributed by atoms with Crippen molar-refractivity contribution in [3.05, 3.63) is 21.9 Å². The summed E-state index contributed by atoms with van der Waals surface area (Å²) in [4.78, 5) is 11.9. The molecule has 0 aliphatic carbocycles. The van der Waals surface area contributed by atoms with Gasteiger partial charge in [0.1, 0.15) is 0 Å². The van der Waals surface area contributed by atoms with Crippen LogP contribution in [0, 0.1) is 0 Å². The van der Waals surface area contributed by atoms with E-state index in [4.69, 9.17) is 9.98 Å². The lowest BCUT2D eigenvalue weighted by Crippen LogP contribution is -2.13.